The Bertz CT molecular complexity index is 655. The highest BCUT2D eigenvalue weighted by molar-refractivity contribution is 5.80. The summed E-state index contributed by atoms with van der Waals surface area (Å²) in [4.78, 5) is 36.1. The minimum absolute atomic E-state index is 0.110. The van der Waals surface area contributed by atoms with Crippen molar-refractivity contribution in [2.45, 2.75) is 40.2 Å². The van der Waals surface area contributed by atoms with Gasteiger partial charge in [0.2, 0.25) is 0 Å². The first kappa shape index (κ1) is 17.9. The number of ether oxygens (including phenoxy) is 1. The van der Waals surface area contributed by atoms with E-state index in [1.54, 1.807) is 4.90 Å². The molecule has 1 saturated heterocycles. The van der Waals surface area contributed by atoms with Crippen molar-refractivity contribution in [1.82, 2.24) is 14.7 Å². The maximum absolute atomic E-state index is 12.1. The van der Waals surface area contributed by atoms with Crippen LogP contribution in [0.3, 0.4) is 0 Å². The summed E-state index contributed by atoms with van der Waals surface area (Å²) >= 11 is 0. The molecule has 2 heterocycles. The van der Waals surface area contributed by atoms with Crippen LogP contribution < -0.4 is 0 Å². The van der Waals surface area contributed by atoms with Gasteiger partial charge in [-0.2, -0.15) is 5.10 Å². The number of likely N-dealkylation sites (tertiary alicyclic amines) is 1. The molecule has 0 N–H and O–H groups in total. The molecule has 0 spiro atoms. The molecule has 0 bridgehead atoms. The van der Waals surface area contributed by atoms with Gasteiger partial charge >= 0.3 is 11.7 Å². The molecular formula is C15H22N4O5. The molecule has 1 aromatic heterocycles. The molecule has 1 amide bonds. The highest BCUT2D eigenvalue weighted by atomic mass is 16.6. The second-order valence-electron chi connectivity index (χ2n) is 6.18. The number of carbonyl (C=O) groups excluding carboxylic acids is 2. The van der Waals surface area contributed by atoms with Crippen molar-refractivity contribution in [2.24, 2.45) is 5.92 Å². The number of hydrogen-bond donors (Lipinski definition) is 0. The Morgan fingerprint density at radius 3 is 2.71 bits per heavy atom. The zero-order valence-corrected chi connectivity index (χ0v) is 14.2. The van der Waals surface area contributed by atoms with E-state index in [0.29, 0.717) is 19.0 Å². The van der Waals surface area contributed by atoms with Gasteiger partial charge in [-0.25, -0.2) is 0 Å². The molecule has 0 saturated carbocycles. The van der Waals surface area contributed by atoms with Crippen LogP contribution in [0.15, 0.2) is 0 Å². The standard InChI is InChI=1S/C15H22N4O5/c1-10-5-4-6-17(7-10)13(20)9-24-14(21)8-18-12(3)15(19(22)23)11(2)16-18/h10H,4-9H2,1-3H3. The summed E-state index contributed by atoms with van der Waals surface area (Å²) in [5.74, 6) is -0.406. The van der Waals surface area contributed by atoms with Gasteiger partial charge in [0, 0.05) is 13.1 Å². The molecular weight excluding hydrogens is 316 g/mol. The molecule has 0 radical (unpaired) electrons. The van der Waals surface area contributed by atoms with Gasteiger partial charge < -0.3 is 9.64 Å². The summed E-state index contributed by atoms with van der Waals surface area (Å²) in [5, 5.41) is 14.9. The van der Waals surface area contributed by atoms with E-state index in [2.05, 4.69) is 12.0 Å². The molecule has 1 unspecified atom stereocenters. The number of piperidine rings is 1. The van der Waals surface area contributed by atoms with Crippen molar-refractivity contribution in [3.8, 4) is 0 Å². The normalized spacial score (nSPS) is 17.6. The first-order valence-corrected chi connectivity index (χ1v) is 7.91. The quantitative estimate of drug-likeness (QED) is 0.454. The first-order chi connectivity index (χ1) is 11.3. The third-order valence-corrected chi connectivity index (χ3v) is 4.17. The largest absolute Gasteiger partial charge is 0.454 e. The molecule has 9 heteroatoms. The molecule has 24 heavy (non-hydrogen) atoms. The summed E-state index contributed by atoms with van der Waals surface area (Å²) in [6.45, 7) is 5.91. The minimum Gasteiger partial charge on any atom is -0.454 e. The van der Waals surface area contributed by atoms with Crippen molar-refractivity contribution in [2.75, 3.05) is 19.7 Å². The average molecular weight is 338 g/mol. The number of aromatic nitrogens is 2. The second-order valence-corrected chi connectivity index (χ2v) is 6.18. The first-order valence-electron chi connectivity index (χ1n) is 7.91. The fourth-order valence-corrected chi connectivity index (χ4v) is 2.92. The lowest BCUT2D eigenvalue weighted by molar-refractivity contribution is -0.386. The Labute approximate surface area is 139 Å². The molecule has 1 aromatic rings. The Hall–Kier alpha value is -2.45. The number of nitro groups is 1. The fourth-order valence-electron chi connectivity index (χ4n) is 2.92. The van der Waals surface area contributed by atoms with Crippen LogP contribution in [-0.2, 0) is 20.9 Å². The summed E-state index contributed by atoms with van der Waals surface area (Å²) in [7, 11) is 0. The molecule has 1 aliphatic rings. The number of rotatable bonds is 5. The van der Waals surface area contributed by atoms with E-state index in [1.165, 1.54) is 18.5 Å². The summed E-state index contributed by atoms with van der Waals surface area (Å²) in [6.07, 6.45) is 2.05. The highest BCUT2D eigenvalue weighted by Gasteiger charge is 2.24. The molecule has 1 atom stereocenters. The summed E-state index contributed by atoms with van der Waals surface area (Å²) < 4.78 is 6.23. The summed E-state index contributed by atoms with van der Waals surface area (Å²) in [6, 6.07) is 0. The van der Waals surface area contributed by atoms with Crippen LogP contribution >= 0.6 is 0 Å². The molecule has 0 aromatic carbocycles. The van der Waals surface area contributed by atoms with Crippen molar-refractivity contribution >= 4 is 17.6 Å². The number of carbonyl (C=O) groups is 2. The van der Waals surface area contributed by atoms with Gasteiger partial charge in [-0.15, -0.1) is 0 Å². The zero-order valence-electron chi connectivity index (χ0n) is 14.2. The monoisotopic (exact) mass is 338 g/mol. The van der Waals surface area contributed by atoms with Gasteiger partial charge in [-0.1, -0.05) is 6.92 Å². The average Bonchev–Trinajstić information content (AvgIpc) is 2.79. The van der Waals surface area contributed by atoms with Gasteiger partial charge in [0.05, 0.1) is 4.92 Å². The van der Waals surface area contributed by atoms with Crippen LogP contribution in [0, 0.1) is 29.9 Å². The highest BCUT2D eigenvalue weighted by Crippen LogP contribution is 2.21. The van der Waals surface area contributed by atoms with E-state index in [4.69, 9.17) is 4.74 Å². The fraction of sp³-hybridized carbons (Fsp3) is 0.667. The Morgan fingerprint density at radius 1 is 1.42 bits per heavy atom. The lowest BCUT2D eigenvalue weighted by Crippen LogP contribution is -2.41. The lowest BCUT2D eigenvalue weighted by Gasteiger charge is -2.30. The number of hydrogen-bond acceptors (Lipinski definition) is 6. The van der Waals surface area contributed by atoms with Crippen molar-refractivity contribution in [3.05, 3.63) is 21.5 Å². The van der Waals surface area contributed by atoms with Crippen LogP contribution in [0.4, 0.5) is 5.69 Å². The van der Waals surface area contributed by atoms with Crippen LogP contribution in [0.5, 0.6) is 0 Å². The zero-order chi connectivity index (χ0) is 17.9. The Balaban J connectivity index is 1.89. The molecule has 2 rings (SSSR count). The third-order valence-electron chi connectivity index (χ3n) is 4.17. The van der Waals surface area contributed by atoms with Crippen molar-refractivity contribution < 1.29 is 19.2 Å². The van der Waals surface area contributed by atoms with Crippen LogP contribution in [-0.4, -0.2) is 51.2 Å². The molecule has 1 aliphatic heterocycles. The van der Waals surface area contributed by atoms with Gasteiger partial charge in [0.1, 0.15) is 17.9 Å². The minimum atomic E-state index is -0.645. The van der Waals surface area contributed by atoms with E-state index in [0.717, 1.165) is 12.8 Å². The van der Waals surface area contributed by atoms with Gasteiger partial charge in [-0.3, -0.25) is 24.4 Å². The summed E-state index contributed by atoms with van der Waals surface area (Å²) in [5.41, 5.74) is 0.412. The number of amides is 1. The van der Waals surface area contributed by atoms with Crippen molar-refractivity contribution in [3.63, 3.8) is 0 Å². The molecule has 1 fully saturated rings. The SMILES string of the molecule is Cc1nn(CC(=O)OCC(=O)N2CCCC(C)C2)c(C)c1[N+](=O)[O-]. The van der Waals surface area contributed by atoms with E-state index in [1.807, 2.05) is 0 Å². The van der Waals surface area contributed by atoms with E-state index < -0.39 is 10.9 Å². The number of aryl methyl sites for hydroxylation is 1. The van der Waals surface area contributed by atoms with Gasteiger partial charge in [-0.05, 0) is 32.6 Å². The van der Waals surface area contributed by atoms with E-state index in [-0.39, 0.29) is 36.1 Å². The number of nitrogens with zero attached hydrogens (tertiary/aromatic N) is 4. The molecule has 9 nitrogen and oxygen atoms in total. The topological polar surface area (TPSA) is 108 Å². The molecule has 132 valence electrons. The van der Waals surface area contributed by atoms with Crippen LogP contribution in [0.2, 0.25) is 0 Å². The van der Waals surface area contributed by atoms with Crippen molar-refractivity contribution in [1.29, 1.82) is 0 Å². The number of esters is 1. The predicted molar refractivity (Wildman–Crippen MR) is 84.3 cm³/mol. The predicted octanol–water partition coefficient (Wildman–Crippen LogP) is 1.21. The third kappa shape index (κ3) is 4.09. The second kappa shape index (κ2) is 7.41. The maximum Gasteiger partial charge on any atom is 0.328 e. The van der Waals surface area contributed by atoms with Crippen LogP contribution in [0.1, 0.15) is 31.2 Å². The smallest absolute Gasteiger partial charge is 0.328 e. The van der Waals surface area contributed by atoms with E-state index in [9.17, 15) is 19.7 Å². The van der Waals surface area contributed by atoms with Gasteiger partial charge in [0.25, 0.3) is 5.91 Å². The Kier molecular flexibility index (Phi) is 5.53. The van der Waals surface area contributed by atoms with E-state index >= 15 is 0 Å². The lowest BCUT2D eigenvalue weighted by atomic mass is 10.0. The van der Waals surface area contributed by atoms with Crippen LogP contribution in [0.25, 0.3) is 0 Å². The molecule has 0 aliphatic carbocycles. The Morgan fingerprint density at radius 2 is 2.12 bits per heavy atom. The van der Waals surface area contributed by atoms with Gasteiger partial charge in [0.15, 0.2) is 6.61 Å². The maximum atomic E-state index is 12.1.